The summed E-state index contributed by atoms with van der Waals surface area (Å²) in [4.78, 5) is 0. The molecule has 2 aliphatic heterocycles. The maximum atomic E-state index is 11.0. The number of aliphatic hydroxyl groups is 3. The van der Waals surface area contributed by atoms with E-state index < -0.39 is 53.3 Å². The summed E-state index contributed by atoms with van der Waals surface area (Å²) in [5.41, 5.74) is 0. The van der Waals surface area contributed by atoms with Crippen LogP contribution in [0.25, 0.3) is 0 Å². The molecule has 0 aromatic rings. The van der Waals surface area contributed by atoms with Crippen molar-refractivity contribution in [2.75, 3.05) is 19.5 Å². The van der Waals surface area contributed by atoms with Gasteiger partial charge in [-0.05, 0) is 0 Å². The molecule has 2 fully saturated rings. The molecule has 0 unspecified atom stereocenters. The second-order valence-corrected chi connectivity index (χ2v) is 6.43. The van der Waals surface area contributed by atoms with Gasteiger partial charge in [-0.3, -0.25) is 4.18 Å². The van der Waals surface area contributed by atoms with Gasteiger partial charge in [0, 0.05) is 6.42 Å². The Morgan fingerprint density at radius 3 is 2.58 bits per heavy atom. The van der Waals surface area contributed by atoms with Crippen molar-refractivity contribution < 1.29 is 37.4 Å². The quantitative estimate of drug-likeness (QED) is 0.493. The fourth-order valence-corrected chi connectivity index (χ4v) is 3.05. The van der Waals surface area contributed by atoms with Crippen LogP contribution in [0.3, 0.4) is 0 Å². The lowest BCUT2D eigenvalue weighted by Gasteiger charge is -2.45. The van der Waals surface area contributed by atoms with Crippen molar-refractivity contribution in [3.05, 3.63) is 0 Å². The van der Waals surface area contributed by atoms with Crippen LogP contribution in [0.2, 0.25) is 0 Å². The van der Waals surface area contributed by atoms with Gasteiger partial charge in [-0.15, -0.1) is 0 Å². The minimum absolute atomic E-state index is 0.00876. The molecule has 0 amide bonds. The summed E-state index contributed by atoms with van der Waals surface area (Å²) in [6.07, 6.45) is -4.27. The molecule has 3 N–H and O–H groups in total. The minimum Gasteiger partial charge on any atom is -0.394 e. The van der Waals surface area contributed by atoms with Crippen molar-refractivity contribution in [2.45, 2.75) is 43.0 Å². The lowest BCUT2D eigenvalue weighted by molar-refractivity contribution is -0.265. The Kier molecular flexibility index (Phi) is 4.45. The van der Waals surface area contributed by atoms with Gasteiger partial charge in [0.15, 0.2) is 0 Å². The van der Waals surface area contributed by atoms with Gasteiger partial charge in [0.05, 0.1) is 25.6 Å². The first kappa shape index (κ1) is 15.1. The Labute approximate surface area is 111 Å². The van der Waals surface area contributed by atoms with Crippen LogP contribution in [0.15, 0.2) is 0 Å². The van der Waals surface area contributed by atoms with E-state index in [1.165, 1.54) is 0 Å². The van der Waals surface area contributed by atoms with Crippen molar-refractivity contribution in [1.82, 2.24) is 0 Å². The second-order valence-electron chi connectivity index (χ2n) is 4.83. The maximum Gasteiger partial charge on any atom is 0.264 e. The summed E-state index contributed by atoms with van der Waals surface area (Å²) >= 11 is 0. The molecule has 8 nitrogen and oxygen atoms in total. The van der Waals surface area contributed by atoms with Gasteiger partial charge in [0.1, 0.15) is 30.5 Å². The highest BCUT2D eigenvalue weighted by molar-refractivity contribution is 7.86. The molecule has 0 aromatic heterocycles. The first-order valence-corrected chi connectivity index (χ1v) is 7.76. The van der Waals surface area contributed by atoms with Gasteiger partial charge in [0.25, 0.3) is 10.1 Å². The van der Waals surface area contributed by atoms with Gasteiger partial charge >= 0.3 is 0 Å². The van der Waals surface area contributed by atoms with E-state index in [2.05, 4.69) is 0 Å². The van der Waals surface area contributed by atoms with Gasteiger partial charge in [0.2, 0.25) is 0 Å². The SMILES string of the molecule is CS(=O)(=O)O[C@@H]1CO[C@@H]2[C@@H](O)[C@H](O)[C@@H](CO)O[C@H]2C1. The van der Waals surface area contributed by atoms with Crippen molar-refractivity contribution in [3.8, 4) is 0 Å². The highest BCUT2D eigenvalue weighted by Gasteiger charge is 2.48. The largest absolute Gasteiger partial charge is 0.394 e. The molecule has 2 saturated heterocycles. The van der Waals surface area contributed by atoms with E-state index in [-0.39, 0.29) is 13.0 Å². The van der Waals surface area contributed by atoms with Crippen LogP contribution in [0.1, 0.15) is 6.42 Å². The third-order valence-corrected chi connectivity index (χ3v) is 3.87. The number of aliphatic hydroxyl groups excluding tert-OH is 3. The lowest BCUT2D eigenvalue weighted by Crippen LogP contribution is -2.62. The molecule has 2 aliphatic rings. The van der Waals surface area contributed by atoms with Crippen molar-refractivity contribution >= 4 is 10.1 Å². The van der Waals surface area contributed by atoms with Crippen LogP contribution in [0, 0.1) is 0 Å². The Morgan fingerprint density at radius 2 is 2.00 bits per heavy atom. The molecule has 6 atom stereocenters. The molecule has 19 heavy (non-hydrogen) atoms. The highest BCUT2D eigenvalue weighted by Crippen LogP contribution is 2.30. The number of rotatable bonds is 3. The van der Waals surface area contributed by atoms with Crippen LogP contribution in [0.5, 0.6) is 0 Å². The molecule has 0 saturated carbocycles. The Bertz CT molecular complexity index is 410. The van der Waals surface area contributed by atoms with Crippen molar-refractivity contribution in [1.29, 1.82) is 0 Å². The second kappa shape index (κ2) is 5.60. The van der Waals surface area contributed by atoms with E-state index in [4.69, 9.17) is 18.8 Å². The normalized spacial score (nSPS) is 43.8. The molecule has 2 heterocycles. The number of hydrogen-bond acceptors (Lipinski definition) is 8. The zero-order valence-corrected chi connectivity index (χ0v) is 11.2. The smallest absolute Gasteiger partial charge is 0.264 e. The fourth-order valence-electron chi connectivity index (χ4n) is 2.42. The monoisotopic (exact) mass is 298 g/mol. The van der Waals surface area contributed by atoms with Gasteiger partial charge in [-0.1, -0.05) is 0 Å². The topological polar surface area (TPSA) is 123 Å². The minimum atomic E-state index is -3.60. The van der Waals surface area contributed by atoms with E-state index >= 15 is 0 Å². The highest BCUT2D eigenvalue weighted by atomic mass is 32.2. The average molecular weight is 298 g/mol. The standard InChI is InChI=1S/C10H18O8S/c1-19(14,15)18-5-2-6-10(16-4-5)9(13)8(12)7(3-11)17-6/h5-13H,2-4H2,1H3/t5-,6-,7+,8+,9-,10-/m0/s1. The zero-order chi connectivity index (χ0) is 14.2. The maximum absolute atomic E-state index is 11.0. The third kappa shape index (κ3) is 3.43. The van der Waals surface area contributed by atoms with Crippen LogP contribution >= 0.6 is 0 Å². The first-order chi connectivity index (χ1) is 8.81. The molecular formula is C10H18O8S. The van der Waals surface area contributed by atoms with E-state index in [9.17, 15) is 18.6 Å². The van der Waals surface area contributed by atoms with E-state index in [0.717, 1.165) is 6.26 Å². The summed E-state index contributed by atoms with van der Waals surface area (Å²) in [5, 5.41) is 28.6. The summed E-state index contributed by atoms with van der Waals surface area (Å²) in [6, 6.07) is 0. The molecule has 112 valence electrons. The average Bonchev–Trinajstić information content (AvgIpc) is 2.31. The Morgan fingerprint density at radius 1 is 1.32 bits per heavy atom. The van der Waals surface area contributed by atoms with Crippen molar-refractivity contribution in [2.24, 2.45) is 0 Å². The van der Waals surface area contributed by atoms with Gasteiger partial charge in [-0.2, -0.15) is 8.42 Å². The number of ether oxygens (including phenoxy) is 2. The molecule has 0 aliphatic carbocycles. The summed E-state index contributed by atoms with van der Waals surface area (Å²) in [6.45, 7) is -0.454. The van der Waals surface area contributed by atoms with Crippen LogP contribution in [-0.2, 0) is 23.8 Å². The van der Waals surface area contributed by atoms with Crippen LogP contribution in [-0.4, -0.2) is 79.8 Å². The molecule has 2 rings (SSSR count). The predicted octanol–water partition coefficient (Wildman–Crippen LogP) is -2.40. The molecule has 0 spiro atoms. The van der Waals surface area contributed by atoms with E-state index in [1.807, 2.05) is 0 Å². The predicted molar refractivity (Wildman–Crippen MR) is 61.8 cm³/mol. The zero-order valence-electron chi connectivity index (χ0n) is 10.4. The Balaban J connectivity index is 2.03. The molecule has 0 aromatic carbocycles. The van der Waals surface area contributed by atoms with Gasteiger partial charge in [-0.25, -0.2) is 0 Å². The molecular weight excluding hydrogens is 280 g/mol. The third-order valence-electron chi connectivity index (χ3n) is 3.24. The summed E-state index contributed by atoms with van der Waals surface area (Å²) in [5.74, 6) is 0. The number of hydrogen-bond donors (Lipinski definition) is 3. The fraction of sp³-hybridized carbons (Fsp3) is 1.00. The molecule has 0 radical (unpaired) electrons. The molecule has 9 heteroatoms. The van der Waals surface area contributed by atoms with Crippen LogP contribution < -0.4 is 0 Å². The van der Waals surface area contributed by atoms with Crippen molar-refractivity contribution in [3.63, 3.8) is 0 Å². The summed E-state index contributed by atoms with van der Waals surface area (Å²) < 4.78 is 37.6. The van der Waals surface area contributed by atoms with E-state index in [1.54, 1.807) is 0 Å². The van der Waals surface area contributed by atoms with Crippen LogP contribution in [0.4, 0.5) is 0 Å². The molecule has 0 bridgehead atoms. The lowest BCUT2D eigenvalue weighted by atomic mass is 9.90. The van der Waals surface area contributed by atoms with E-state index in [0.29, 0.717) is 0 Å². The number of fused-ring (bicyclic) bond motifs is 1. The van der Waals surface area contributed by atoms with Gasteiger partial charge < -0.3 is 24.8 Å². The first-order valence-electron chi connectivity index (χ1n) is 5.94. The Hall–Kier alpha value is -0.290. The summed E-state index contributed by atoms with van der Waals surface area (Å²) in [7, 11) is -3.60.